The molecule has 20 heavy (non-hydrogen) atoms. The second-order valence-corrected chi connectivity index (χ2v) is 5.76. The van der Waals surface area contributed by atoms with E-state index in [4.69, 9.17) is 11.6 Å². The van der Waals surface area contributed by atoms with E-state index in [1.54, 1.807) is 18.2 Å². The van der Waals surface area contributed by atoms with E-state index in [9.17, 15) is 4.79 Å². The molecule has 1 atom stereocenters. The Labute approximate surface area is 132 Å². The van der Waals surface area contributed by atoms with Crippen molar-refractivity contribution in [3.05, 3.63) is 69.2 Å². The maximum atomic E-state index is 12.3. The fourth-order valence-corrected chi connectivity index (χ4v) is 2.88. The van der Waals surface area contributed by atoms with Crippen LogP contribution in [0.3, 0.4) is 0 Å². The summed E-state index contributed by atoms with van der Waals surface area (Å²) in [5.74, 6) is -0.107. The van der Waals surface area contributed by atoms with E-state index >= 15 is 0 Å². The molecule has 2 aromatic carbocycles. The number of amides is 1. The predicted octanol–water partition coefficient (Wildman–Crippen LogP) is 4.98. The van der Waals surface area contributed by atoms with E-state index in [1.165, 1.54) is 0 Å². The Morgan fingerprint density at radius 1 is 1.25 bits per heavy atom. The Morgan fingerprint density at radius 3 is 2.55 bits per heavy atom. The van der Waals surface area contributed by atoms with Gasteiger partial charge in [-0.2, -0.15) is 0 Å². The minimum atomic E-state index is -0.107. The fourth-order valence-electron chi connectivity index (χ4n) is 2.02. The topological polar surface area (TPSA) is 29.1 Å². The highest BCUT2D eigenvalue weighted by molar-refractivity contribution is 9.10. The number of rotatable bonds is 4. The van der Waals surface area contributed by atoms with Crippen LogP contribution in [0.4, 0.5) is 0 Å². The Morgan fingerprint density at radius 2 is 1.95 bits per heavy atom. The summed E-state index contributed by atoms with van der Waals surface area (Å²) in [5.41, 5.74) is 1.69. The highest BCUT2D eigenvalue weighted by atomic mass is 79.9. The van der Waals surface area contributed by atoms with Crippen molar-refractivity contribution in [2.24, 2.45) is 0 Å². The monoisotopic (exact) mass is 351 g/mol. The Hall–Kier alpha value is -1.32. The second kappa shape index (κ2) is 6.91. The normalized spacial score (nSPS) is 11.9. The van der Waals surface area contributed by atoms with Gasteiger partial charge in [-0.15, -0.1) is 0 Å². The summed E-state index contributed by atoms with van der Waals surface area (Å²) >= 11 is 9.26. The highest BCUT2D eigenvalue weighted by Gasteiger charge is 2.15. The number of nitrogens with one attached hydrogen (secondary N) is 1. The highest BCUT2D eigenvalue weighted by Crippen LogP contribution is 2.23. The lowest BCUT2D eigenvalue weighted by atomic mass is 10.0. The molecule has 0 aliphatic heterocycles. The fraction of sp³-hybridized carbons (Fsp3) is 0.188. The maximum Gasteiger partial charge on any atom is 0.252 e. The van der Waals surface area contributed by atoms with Gasteiger partial charge < -0.3 is 5.32 Å². The van der Waals surface area contributed by atoms with Crippen molar-refractivity contribution < 1.29 is 4.79 Å². The van der Waals surface area contributed by atoms with Gasteiger partial charge in [0.2, 0.25) is 0 Å². The van der Waals surface area contributed by atoms with Crippen LogP contribution in [0.5, 0.6) is 0 Å². The first-order valence-corrected chi connectivity index (χ1v) is 7.59. The number of hydrogen-bond donors (Lipinski definition) is 1. The molecule has 1 amide bonds. The summed E-state index contributed by atoms with van der Waals surface area (Å²) in [6.07, 6.45) is 0.834. The molecule has 0 aliphatic rings. The molecule has 0 fully saturated rings. The molecular formula is C16H15BrClNO. The third-order valence-corrected chi connectivity index (χ3v) is 3.98. The molecule has 1 N–H and O–H groups in total. The van der Waals surface area contributed by atoms with Gasteiger partial charge in [0.1, 0.15) is 0 Å². The minimum Gasteiger partial charge on any atom is -0.345 e. The molecule has 2 nitrogen and oxygen atoms in total. The average Bonchev–Trinajstić information content (AvgIpc) is 2.45. The summed E-state index contributed by atoms with van der Waals surface area (Å²) < 4.78 is 0.699. The van der Waals surface area contributed by atoms with Gasteiger partial charge in [0.15, 0.2) is 0 Å². The van der Waals surface area contributed by atoms with Crippen molar-refractivity contribution in [2.75, 3.05) is 0 Å². The van der Waals surface area contributed by atoms with E-state index in [0.717, 1.165) is 12.0 Å². The van der Waals surface area contributed by atoms with Crippen molar-refractivity contribution in [2.45, 2.75) is 19.4 Å². The lowest BCUT2D eigenvalue weighted by Crippen LogP contribution is -2.28. The van der Waals surface area contributed by atoms with Crippen LogP contribution in [-0.4, -0.2) is 5.91 Å². The van der Waals surface area contributed by atoms with Crippen LogP contribution in [0.1, 0.15) is 35.3 Å². The standard InChI is InChI=1S/C16H15BrClNO/c1-2-15(11-6-4-3-5-7-11)19-16(20)13-9-8-12(18)10-14(13)17/h3-10,15H,2H2,1H3,(H,19,20). The zero-order valence-corrected chi connectivity index (χ0v) is 13.4. The van der Waals surface area contributed by atoms with Crippen LogP contribution in [0.2, 0.25) is 5.02 Å². The van der Waals surface area contributed by atoms with Crippen molar-refractivity contribution in [3.63, 3.8) is 0 Å². The number of carbonyl (C=O) groups excluding carboxylic acids is 1. The van der Waals surface area contributed by atoms with Gasteiger partial charge in [0.05, 0.1) is 11.6 Å². The molecular weight excluding hydrogens is 338 g/mol. The molecule has 0 aliphatic carbocycles. The van der Waals surface area contributed by atoms with Crippen LogP contribution >= 0.6 is 27.5 Å². The SMILES string of the molecule is CCC(NC(=O)c1ccc(Cl)cc1Br)c1ccccc1. The molecule has 0 saturated heterocycles. The molecule has 0 aromatic heterocycles. The minimum absolute atomic E-state index is 0.00581. The largest absolute Gasteiger partial charge is 0.345 e. The van der Waals surface area contributed by atoms with Crippen molar-refractivity contribution in [1.82, 2.24) is 5.32 Å². The zero-order chi connectivity index (χ0) is 14.5. The number of halogens is 2. The lowest BCUT2D eigenvalue weighted by molar-refractivity contribution is 0.0935. The van der Waals surface area contributed by atoms with Gasteiger partial charge in [-0.25, -0.2) is 0 Å². The summed E-state index contributed by atoms with van der Waals surface area (Å²) in [6.45, 7) is 2.05. The van der Waals surface area contributed by atoms with E-state index < -0.39 is 0 Å². The van der Waals surface area contributed by atoms with Crippen molar-refractivity contribution >= 4 is 33.4 Å². The molecule has 104 valence electrons. The summed E-state index contributed by atoms with van der Waals surface area (Å²) in [6, 6.07) is 15.1. The third-order valence-electron chi connectivity index (χ3n) is 3.09. The van der Waals surface area contributed by atoms with Crippen LogP contribution in [0.15, 0.2) is 53.0 Å². The number of hydrogen-bond acceptors (Lipinski definition) is 1. The Balaban J connectivity index is 2.17. The van der Waals surface area contributed by atoms with E-state index in [2.05, 4.69) is 28.2 Å². The first-order chi connectivity index (χ1) is 9.61. The molecule has 2 rings (SSSR count). The van der Waals surface area contributed by atoms with E-state index in [0.29, 0.717) is 15.1 Å². The zero-order valence-electron chi connectivity index (χ0n) is 11.1. The molecule has 0 saturated carbocycles. The molecule has 0 spiro atoms. The first-order valence-electron chi connectivity index (χ1n) is 6.42. The second-order valence-electron chi connectivity index (χ2n) is 4.47. The number of benzene rings is 2. The lowest BCUT2D eigenvalue weighted by Gasteiger charge is -2.18. The van der Waals surface area contributed by atoms with E-state index in [1.807, 2.05) is 30.3 Å². The third kappa shape index (κ3) is 3.62. The Bertz CT molecular complexity index is 601. The van der Waals surface area contributed by atoms with Gasteiger partial charge in [-0.1, -0.05) is 48.9 Å². The number of carbonyl (C=O) groups is 1. The molecule has 0 radical (unpaired) electrons. The molecule has 4 heteroatoms. The van der Waals surface area contributed by atoms with Crippen molar-refractivity contribution in [3.8, 4) is 0 Å². The van der Waals surface area contributed by atoms with E-state index in [-0.39, 0.29) is 11.9 Å². The summed E-state index contributed by atoms with van der Waals surface area (Å²) in [5, 5.41) is 3.65. The van der Waals surface area contributed by atoms with Gasteiger partial charge in [0.25, 0.3) is 5.91 Å². The van der Waals surface area contributed by atoms with Gasteiger partial charge >= 0.3 is 0 Å². The quantitative estimate of drug-likeness (QED) is 0.825. The summed E-state index contributed by atoms with van der Waals surface area (Å²) in [4.78, 5) is 12.3. The van der Waals surface area contributed by atoms with Crippen LogP contribution in [-0.2, 0) is 0 Å². The Kier molecular flexibility index (Phi) is 5.21. The maximum absolute atomic E-state index is 12.3. The molecule has 2 aromatic rings. The summed E-state index contributed by atoms with van der Waals surface area (Å²) in [7, 11) is 0. The molecule has 1 unspecified atom stereocenters. The van der Waals surface area contributed by atoms with Crippen LogP contribution < -0.4 is 5.32 Å². The van der Waals surface area contributed by atoms with Gasteiger partial charge in [-0.3, -0.25) is 4.79 Å². The first kappa shape index (κ1) is 15.1. The predicted molar refractivity (Wildman–Crippen MR) is 86.1 cm³/mol. The molecule has 0 heterocycles. The van der Waals surface area contributed by atoms with Gasteiger partial charge in [-0.05, 0) is 46.1 Å². The average molecular weight is 353 g/mol. The van der Waals surface area contributed by atoms with Crippen molar-refractivity contribution in [1.29, 1.82) is 0 Å². The van der Waals surface area contributed by atoms with Crippen LogP contribution in [0, 0.1) is 0 Å². The van der Waals surface area contributed by atoms with Crippen LogP contribution in [0.25, 0.3) is 0 Å². The molecule has 0 bridgehead atoms. The van der Waals surface area contributed by atoms with Gasteiger partial charge in [0, 0.05) is 9.50 Å². The smallest absolute Gasteiger partial charge is 0.252 e.